The first-order valence-corrected chi connectivity index (χ1v) is 6.44. The van der Waals surface area contributed by atoms with Crippen LogP contribution in [0.3, 0.4) is 0 Å². The minimum Gasteiger partial charge on any atom is -0.384 e. The van der Waals surface area contributed by atoms with Gasteiger partial charge in [0.15, 0.2) is 5.82 Å². The second kappa shape index (κ2) is 5.58. The normalized spacial score (nSPS) is 10.3. The monoisotopic (exact) mass is 280 g/mol. The molecule has 0 saturated carbocycles. The first-order valence-electron chi connectivity index (χ1n) is 6.44. The number of nitrogens with zero attached hydrogens (tertiary/aromatic N) is 2. The summed E-state index contributed by atoms with van der Waals surface area (Å²) in [5.41, 5.74) is 6.98. The van der Waals surface area contributed by atoms with Gasteiger partial charge in [-0.15, -0.1) is 0 Å². The van der Waals surface area contributed by atoms with Crippen LogP contribution < -0.4 is 11.1 Å². The van der Waals surface area contributed by atoms with Gasteiger partial charge < -0.3 is 11.1 Å². The molecule has 104 valence electrons. The molecule has 0 fully saturated rings. The number of nitrogen functional groups attached to an aromatic ring is 1. The third kappa shape index (κ3) is 2.97. The van der Waals surface area contributed by atoms with Gasteiger partial charge in [-0.1, -0.05) is 30.3 Å². The molecular weight excluding hydrogens is 267 g/mol. The maximum Gasteiger partial charge on any atom is 0.166 e. The molecular formula is C16H13FN4. The number of nitrogens with one attached hydrogen (secondary N) is 1. The standard InChI is InChI=1S/C16H13FN4/c17-13-9-5-4-8-12(13)16-20-14(18)10-15(21-16)19-11-6-2-1-3-7-11/h1-10H,(H3,18,19,20,21). The van der Waals surface area contributed by atoms with Crippen molar-refractivity contribution < 1.29 is 4.39 Å². The van der Waals surface area contributed by atoms with Gasteiger partial charge >= 0.3 is 0 Å². The molecule has 0 atom stereocenters. The predicted octanol–water partition coefficient (Wildman–Crippen LogP) is 3.61. The third-order valence-corrected chi connectivity index (χ3v) is 2.91. The minimum absolute atomic E-state index is 0.256. The second-order valence-electron chi connectivity index (χ2n) is 4.47. The van der Waals surface area contributed by atoms with Crippen molar-refractivity contribution in [2.24, 2.45) is 0 Å². The first-order chi connectivity index (χ1) is 10.2. The summed E-state index contributed by atoms with van der Waals surface area (Å²) in [7, 11) is 0. The van der Waals surface area contributed by atoms with Crippen LogP contribution in [0.5, 0.6) is 0 Å². The second-order valence-corrected chi connectivity index (χ2v) is 4.47. The van der Waals surface area contributed by atoms with Gasteiger partial charge in [0.2, 0.25) is 0 Å². The Morgan fingerprint density at radius 2 is 1.62 bits per heavy atom. The van der Waals surface area contributed by atoms with Crippen LogP contribution >= 0.6 is 0 Å². The van der Waals surface area contributed by atoms with Crippen LogP contribution in [0.15, 0.2) is 60.7 Å². The van der Waals surface area contributed by atoms with Gasteiger partial charge in [0.25, 0.3) is 0 Å². The molecule has 0 saturated heterocycles. The smallest absolute Gasteiger partial charge is 0.166 e. The first kappa shape index (κ1) is 13.1. The van der Waals surface area contributed by atoms with Crippen LogP contribution in [-0.2, 0) is 0 Å². The maximum absolute atomic E-state index is 13.8. The van der Waals surface area contributed by atoms with Crippen LogP contribution in [0.4, 0.5) is 21.7 Å². The lowest BCUT2D eigenvalue weighted by Crippen LogP contribution is -2.01. The highest BCUT2D eigenvalue weighted by atomic mass is 19.1. The molecule has 3 aromatic rings. The SMILES string of the molecule is Nc1cc(Nc2ccccc2)nc(-c2ccccc2F)n1. The summed E-state index contributed by atoms with van der Waals surface area (Å²) in [6.45, 7) is 0. The zero-order valence-electron chi connectivity index (χ0n) is 11.1. The molecule has 0 aliphatic rings. The summed E-state index contributed by atoms with van der Waals surface area (Å²) in [6.07, 6.45) is 0. The van der Waals surface area contributed by atoms with Crippen molar-refractivity contribution >= 4 is 17.3 Å². The quantitative estimate of drug-likeness (QED) is 0.769. The molecule has 2 aromatic carbocycles. The number of halogens is 1. The van der Waals surface area contributed by atoms with Gasteiger partial charge in [-0.3, -0.25) is 0 Å². The highest BCUT2D eigenvalue weighted by Gasteiger charge is 2.09. The van der Waals surface area contributed by atoms with Crippen LogP contribution in [0.1, 0.15) is 0 Å². The Morgan fingerprint density at radius 1 is 0.905 bits per heavy atom. The van der Waals surface area contributed by atoms with E-state index in [1.807, 2.05) is 30.3 Å². The van der Waals surface area contributed by atoms with Crippen molar-refractivity contribution in [1.29, 1.82) is 0 Å². The van der Waals surface area contributed by atoms with Crippen LogP contribution in [-0.4, -0.2) is 9.97 Å². The Labute approximate surface area is 121 Å². The lowest BCUT2D eigenvalue weighted by molar-refractivity contribution is 0.630. The van der Waals surface area contributed by atoms with E-state index in [-0.39, 0.29) is 17.5 Å². The fourth-order valence-electron chi connectivity index (χ4n) is 1.96. The van der Waals surface area contributed by atoms with Crippen LogP contribution in [0.2, 0.25) is 0 Å². The summed E-state index contributed by atoms with van der Waals surface area (Å²) in [5.74, 6) is 0.675. The van der Waals surface area contributed by atoms with E-state index in [2.05, 4.69) is 15.3 Å². The fraction of sp³-hybridized carbons (Fsp3) is 0. The maximum atomic E-state index is 13.8. The zero-order valence-corrected chi connectivity index (χ0v) is 11.1. The Kier molecular flexibility index (Phi) is 3.47. The Balaban J connectivity index is 1.99. The summed E-state index contributed by atoms with van der Waals surface area (Å²) in [5, 5.41) is 3.12. The number of para-hydroxylation sites is 1. The molecule has 0 spiro atoms. The van der Waals surface area contributed by atoms with Gasteiger partial charge in [-0.2, -0.15) is 0 Å². The van der Waals surface area contributed by atoms with E-state index < -0.39 is 0 Å². The molecule has 0 bridgehead atoms. The van der Waals surface area contributed by atoms with Crippen molar-refractivity contribution in [2.45, 2.75) is 0 Å². The highest BCUT2D eigenvalue weighted by molar-refractivity contribution is 5.64. The van der Waals surface area contributed by atoms with E-state index in [0.717, 1.165) is 5.69 Å². The number of hydrogen-bond donors (Lipinski definition) is 2. The fourth-order valence-corrected chi connectivity index (χ4v) is 1.96. The van der Waals surface area contributed by atoms with Gasteiger partial charge in [0, 0.05) is 11.8 Å². The van der Waals surface area contributed by atoms with Crippen molar-refractivity contribution in [3.63, 3.8) is 0 Å². The van der Waals surface area contributed by atoms with Gasteiger partial charge in [0.05, 0.1) is 5.56 Å². The summed E-state index contributed by atoms with van der Waals surface area (Å²) in [6, 6.07) is 17.5. The predicted molar refractivity (Wildman–Crippen MR) is 81.6 cm³/mol. The van der Waals surface area contributed by atoms with E-state index in [1.54, 1.807) is 24.3 Å². The molecule has 0 aliphatic carbocycles. The van der Waals surface area contributed by atoms with E-state index >= 15 is 0 Å². The number of benzene rings is 2. The van der Waals surface area contributed by atoms with Crippen molar-refractivity contribution in [2.75, 3.05) is 11.1 Å². The summed E-state index contributed by atoms with van der Waals surface area (Å²) >= 11 is 0. The molecule has 0 unspecified atom stereocenters. The van der Waals surface area contributed by atoms with E-state index in [1.165, 1.54) is 6.07 Å². The number of aromatic nitrogens is 2. The average Bonchev–Trinajstić information content (AvgIpc) is 2.48. The molecule has 21 heavy (non-hydrogen) atoms. The van der Waals surface area contributed by atoms with Crippen molar-refractivity contribution in [3.05, 3.63) is 66.5 Å². The van der Waals surface area contributed by atoms with Crippen LogP contribution in [0, 0.1) is 5.82 Å². The van der Waals surface area contributed by atoms with Crippen molar-refractivity contribution in [1.82, 2.24) is 9.97 Å². The summed E-state index contributed by atoms with van der Waals surface area (Å²) in [4.78, 5) is 8.41. The minimum atomic E-state index is -0.381. The molecule has 3 N–H and O–H groups in total. The summed E-state index contributed by atoms with van der Waals surface area (Å²) < 4.78 is 13.8. The molecule has 5 heteroatoms. The molecule has 1 heterocycles. The van der Waals surface area contributed by atoms with Crippen molar-refractivity contribution in [3.8, 4) is 11.4 Å². The topological polar surface area (TPSA) is 63.8 Å². The molecule has 3 rings (SSSR count). The molecule has 4 nitrogen and oxygen atoms in total. The van der Waals surface area contributed by atoms with Crippen LogP contribution in [0.25, 0.3) is 11.4 Å². The van der Waals surface area contributed by atoms with Gasteiger partial charge in [-0.25, -0.2) is 14.4 Å². The number of anilines is 3. The Hall–Kier alpha value is -2.95. The number of nitrogens with two attached hydrogens (primary N) is 1. The van der Waals surface area contributed by atoms with E-state index in [0.29, 0.717) is 11.4 Å². The lowest BCUT2D eigenvalue weighted by Gasteiger charge is -2.09. The molecule has 0 radical (unpaired) electrons. The third-order valence-electron chi connectivity index (χ3n) is 2.91. The van der Waals surface area contributed by atoms with Gasteiger partial charge in [0.1, 0.15) is 17.5 Å². The molecule has 0 aliphatic heterocycles. The van der Waals surface area contributed by atoms with Gasteiger partial charge in [-0.05, 0) is 24.3 Å². The molecule has 1 aromatic heterocycles. The highest BCUT2D eigenvalue weighted by Crippen LogP contribution is 2.23. The average molecular weight is 280 g/mol. The molecule has 0 amide bonds. The zero-order chi connectivity index (χ0) is 14.7. The van der Waals surface area contributed by atoms with E-state index in [9.17, 15) is 4.39 Å². The number of rotatable bonds is 3. The Bertz CT molecular complexity index is 759. The number of hydrogen-bond acceptors (Lipinski definition) is 4. The van der Waals surface area contributed by atoms with E-state index in [4.69, 9.17) is 5.73 Å². The Morgan fingerprint density at radius 3 is 2.38 bits per heavy atom. The lowest BCUT2D eigenvalue weighted by atomic mass is 10.2. The largest absolute Gasteiger partial charge is 0.384 e.